The molecule has 0 unspecified atom stereocenters. The molecule has 2 heteroatoms. The van der Waals surface area contributed by atoms with Gasteiger partial charge in [0.1, 0.15) is 5.83 Å². The first-order valence-corrected chi connectivity index (χ1v) is 3.23. The normalized spacial score (nSPS) is 15.4. The first-order chi connectivity index (χ1) is 4.09. The molecule has 0 aromatic carbocycles. The van der Waals surface area contributed by atoms with Crippen LogP contribution >= 0.6 is 12.6 Å². The van der Waals surface area contributed by atoms with E-state index in [0.717, 1.165) is 4.91 Å². The van der Waals surface area contributed by atoms with Crippen LogP contribution in [0, 0.1) is 0 Å². The molecule has 0 saturated heterocycles. The molecule has 0 heterocycles. The van der Waals surface area contributed by atoms with Gasteiger partial charge in [0.25, 0.3) is 0 Å². The number of thiol groups is 1. The highest BCUT2D eigenvalue weighted by Gasteiger charge is 1.96. The van der Waals surface area contributed by atoms with Crippen LogP contribution in [0.2, 0.25) is 0 Å². The first kappa shape index (κ1) is 8.76. The average molecular weight is 146 g/mol. The fraction of sp³-hybridized carbons (Fsp3) is 0.429. The van der Waals surface area contributed by atoms with E-state index in [4.69, 9.17) is 0 Å². The quantitative estimate of drug-likeness (QED) is 0.426. The second kappa shape index (κ2) is 3.72. The van der Waals surface area contributed by atoms with Gasteiger partial charge in [-0.25, -0.2) is 4.39 Å². The molecule has 0 aliphatic heterocycles. The van der Waals surface area contributed by atoms with Crippen LogP contribution in [-0.2, 0) is 0 Å². The molecule has 0 aliphatic rings. The molecule has 0 aromatic rings. The summed E-state index contributed by atoms with van der Waals surface area (Å²) >= 11 is 3.99. The zero-order chi connectivity index (χ0) is 7.44. The molecule has 52 valence electrons. The van der Waals surface area contributed by atoms with Crippen molar-refractivity contribution < 1.29 is 4.39 Å². The van der Waals surface area contributed by atoms with Crippen LogP contribution in [0.4, 0.5) is 4.39 Å². The molecule has 0 bridgehead atoms. The summed E-state index contributed by atoms with van der Waals surface area (Å²) in [4.78, 5) is 0.727. The molecule has 0 aromatic heterocycles. The van der Waals surface area contributed by atoms with Crippen LogP contribution in [0.1, 0.15) is 20.8 Å². The Bertz CT molecular complexity index is 152. The lowest BCUT2D eigenvalue weighted by molar-refractivity contribution is 0.648. The standard InChI is InChI=1S/C7H11FS/c1-4-7(8)5(2)6(3)9/h4,9H,1-3H3/b6-5-,7-4+. The predicted molar refractivity (Wildman–Crippen MR) is 42.2 cm³/mol. The molecule has 0 rings (SSSR count). The zero-order valence-corrected chi connectivity index (χ0v) is 6.80. The third-order valence-corrected chi connectivity index (χ3v) is 1.49. The van der Waals surface area contributed by atoms with Crippen molar-refractivity contribution in [3.8, 4) is 0 Å². The maximum Gasteiger partial charge on any atom is 0.122 e. The summed E-state index contributed by atoms with van der Waals surface area (Å²) in [6, 6.07) is 0. The summed E-state index contributed by atoms with van der Waals surface area (Å²) < 4.78 is 12.5. The summed E-state index contributed by atoms with van der Waals surface area (Å²) in [5.41, 5.74) is 0.612. The van der Waals surface area contributed by atoms with Gasteiger partial charge in [0, 0.05) is 0 Å². The van der Waals surface area contributed by atoms with E-state index in [1.54, 1.807) is 20.8 Å². The Hall–Kier alpha value is -0.240. The lowest BCUT2D eigenvalue weighted by Gasteiger charge is -1.96. The maximum absolute atomic E-state index is 12.5. The third kappa shape index (κ3) is 2.70. The van der Waals surface area contributed by atoms with Crippen molar-refractivity contribution in [3.63, 3.8) is 0 Å². The van der Waals surface area contributed by atoms with Gasteiger partial charge in [-0.2, -0.15) is 0 Å². The van der Waals surface area contributed by atoms with Crippen molar-refractivity contribution in [1.29, 1.82) is 0 Å². The Morgan fingerprint density at radius 1 is 1.44 bits per heavy atom. The number of halogens is 1. The largest absolute Gasteiger partial charge is 0.207 e. The molecule has 0 radical (unpaired) electrons. The predicted octanol–water partition coefficient (Wildman–Crippen LogP) is 3.08. The van der Waals surface area contributed by atoms with Crippen LogP contribution in [0.3, 0.4) is 0 Å². The molecule has 9 heavy (non-hydrogen) atoms. The second-order valence-electron chi connectivity index (χ2n) is 1.85. The van der Waals surface area contributed by atoms with Crippen LogP contribution < -0.4 is 0 Å². The molecule has 0 aliphatic carbocycles. The summed E-state index contributed by atoms with van der Waals surface area (Å²) in [7, 11) is 0. The highest BCUT2D eigenvalue weighted by atomic mass is 32.1. The SMILES string of the molecule is C/C=C(F)\C(C)=C(\C)S. The Morgan fingerprint density at radius 3 is 2.00 bits per heavy atom. The smallest absolute Gasteiger partial charge is 0.122 e. The Labute approximate surface area is 60.9 Å². The molecule has 0 amide bonds. The van der Waals surface area contributed by atoms with E-state index in [1.165, 1.54) is 6.08 Å². The van der Waals surface area contributed by atoms with Gasteiger partial charge < -0.3 is 0 Å². The zero-order valence-electron chi connectivity index (χ0n) is 5.90. The van der Waals surface area contributed by atoms with Crippen LogP contribution in [-0.4, -0.2) is 0 Å². The van der Waals surface area contributed by atoms with Crippen molar-refractivity contribution in [2.24, 2.45) is 0 Å². The molecular weight excluding hydrogens is 135 g/mol. The van der Waals surface area contributed by atoms with Crippen molar-refractivity contribution >= 4 is 12.6 Å². The first-order valence-electron chi connectivity index (χ1n) is 2.78. The van der Waals surface area contributed by atoms with E-state index < -0.39 is 0 Å². The van der Waals surface area contributed by atoms with Gasteiger partial charge in [-0.15, -0.1) is 12.6 Å². The van der Waals surface area contributed by atoms with Crippen molar-refractivity contribution in [2.45, 2.75) is 20.8 Å². The van der Waals surface area contributed by atoms with Gasteiger partial charge in [-0.3, -0.25) is 0 Å². The fourth-order valence-corrected chi connectivity index (χ4v) is 0.496. The lowest BCUT2D eigenvalue weighted by atomic mass is 10.2. The Morgan fingerprint density at radius 2 is 1.89 bits per heavy atom. The Kier molecular flexibility index (Phi) is 3.62. The topological polar surface area (TPSA) is 0 Å². The van der Waals surface area contributed by atoms with Crippen molar-refractivity contribution in [1.82, 2.24) is 0 Å². The highest BCUT2D eigenvalue weighted by molar-refractivity contribution is 7.84. The molecule has 0 N–H and O–H groups in total. The van der Waals surface area contributed by atoms with E-state index >= 15 is 0 Å². The summed E-state index contributed by atoms with van der Waals surface area (Å²) in [5.74, 6) is -0.192. The highest BCUT2D eigenvalue weighted by Crippen LogP contribution is 2.16. The molecule has 0 fully saturated rings. The molecule has 0 spiro atoms. The van der Waals surface area contributed by atoms with Gasteiger partial charge >= 0.3 is 0 Å². The van der Waals surface area contributed by atoms with Crippen molar-refractivity contribution in [3.05, 3.63) is 22.4 Å². The fourth-order valence-electron chi connectivity index (χ4n) is 0.389. The molecule has 0 saturated carbocycles. The van der Waals surface area contributed by atoms with E-state index in [0.29, 0.717) is 5.57 Å². The second-order valence-corrected chi connectivity index (χ2v) is 2.52. The van der Waals surface area contributed by atoms with Gasteiger partial charge in [-0.05, 0) is 31.2 Å². The molecular formula is C7H11FS. The van der Waals surface area contributed by atoms with E-state index in [2.05, 4.69) is 12.6 Å². The molecule has 0 atom stereocenters. The minimum atomic E-state index is -0.192. The van der Waals surface area contributed by atoms with Gasteiger partial charge in [0.2, 0.25) is 0 Å². The van der Waals surface area contributed by atoms with Gasteiger partial charge in [0.15, 0.2) is 0 Å². The van der Waals surface area contributed by atoms with E-state index in [-0.39, 0.29) is 5.83 Å². The minimum absolute atomic E-state index is 0.192. The van der Waals surface area contributed by atoms with E-state index in [9.17, 15) is 4.39 Å². The monoisotopic (exact) mass is 146 g/mol. The Balaban J connectivity index is 4.40. The van der Waals surface area contributed by atoms with E-state index in [1.807, 2.05) is 0 Å². The van der Waals surface area contributed by atoms with Crippen LogP contribution in [0.15, 0.2) is 22.4 Å². The van der Waals surface area contributed by atoms with Gasteiger partial charge in [0.05, 0.1) is 0 Å². The van der Waals surface area contributed by atoms with Crippen LogP contribution in [0.25, 0.3) is 0 Å². The van der Waals surface area contributed by atoms with Crippen molar-refractivity contribution in [2.75, 3.05) is 0 Å². The molecule has 0 nitrogen and oxygen atoms in total. The number of allylic oxidation sites excluding steroid dienone is 4. The summed E-state index contributed by atoms with van der Waals surface area (Å²) in [5, 5.41) is 0. The number of rotatable bonds is 1. The van der Waals surface area contributed by atoms with Gasteiger partial charge in [-0.1, -0.05) is 6.08 Å². The number of hydrogen-bond donors (Lipinski definition) is 1. The van der Waals surface area contributed by atoms with Crippen LogP contribution in [0.5, 0.6) is 0 Å². The lowest BCUT2D eigenvalue weighted by Crippen LogP contribution is -1.77. The number of hydrogen-bond acceptors (Lipinski definition) is 1. The minimum Gasteiger partial charge on any atom is -0.207 e. The average Bonchev–Trinajstić information content (AvgIpc) is 1.84. The summed E-state index contributed by atoms with van der Waals surface area (Å²) in [6.07, 6.45) is 1.43. The summed E-state index contributed by atoms with van der Waals surface area (Å²) in [6.45, 7) is 5.13. The third-order valence-electron chi connectivity index (χ3n) is 1.15. The maximum atomic E-state index is 12.5.